The second-order valence-electron chi connectivity index (χ2n) is 4.87. The van der Waals surface area contributed by atoms with E-state index >= 15 is 0 Å². The fourth-order valence-electron chi connectivity index (χ4n) is 1.98. The zero-order valence-corrected chi connectivity index (χ0v) is 13.7. The van der Waals surface area contributed by atoms with Gasteiger partial charge in [0, 0.05) is 13.1 Å². The van der Waals surface area contributed by atoms with Crippen LogP contribution in [0.1, 0.15) is 33.1 Å². The summed E-state index contributed by atoms with van der Waals surface area (Å²) in [6.07, 6.45) is 2.39. The lowest BCUT2D eigenvalue weighted by Crippen LogP contribution is -2.32. The third-order valence-electron chi connectivity index (χ3n) is 3.02. The fourth-order valence-corrected chi connectivity index (χ4v) is 3.61. The summed E-state index contributed by atoms with van der Waals surface area (Å²) in [7, 11) is -3.41. The molecule has 0 radical (unpaired) electrons. The molecular weight excluding hydrogens is 288 g/mol. The van der Waals surface area contributed by atoms with Crippen LogP contribution in [-0.4, -0.2) is 39.0 Å². The molecule has 2 N–H and O–H groups in total. The molecule has 21 heavy (non-hydrogen) atoms. The molecule has 0 bridgehead atoms. The van der Waals surface area contributed by atoms with Crippen molar-refractivity contribution >= 4 is 10.0 Å². The predicted molar refractivity (Wildman–Crippen MR) is 84.9 cm³/mol. The number of nitrogens with zero attached hydrogens (tertiary/aromatic N) is 1. The third kappa shape index (κ3) is 5.30. The van der Waals surface area contributed by atoms with E-state index in [0.29, 0.717) is 36.9 Å². The molecule has 0 heterocycles. The topological polar surface area (TPSA) is 72.6 Å². The highest BCUT2D eigenvalue weighted by Gasteiger charge is 2.22. The molecule has 6 heteroatoms. The molecule has 120 valence electrons. The highest BCUT2D eigenvalue weighted by molar-refractivity contribution is 7.89. The first-order chi connectivity index (χ1) is 10.1. The van der Waals surface area contributed by atoms with Crippen molar-refractivity contribution < 1.29 is 13.2 Å². The minimum atomic E-state index is -3.41. The molecule has 0 saturated heterocycles. The molecule has 5 nitrogen and oxygen atoms in total. The summed E-state index contributed by atoms with van der Waals surface area (Å²) in [5, 5.41) is 0. The van der Waals surface area contributed by atoms with Gasteiger partial charge in [-0.2, -0.15) is 4.31 Å². The summed E-state index contributed by atoms with van der Waals surface area (Å²) >= 11 is 0. The van der Waals surface area contributed by atoms with Gasteiger partial charge in [-0.3, -0.25) is 0 Å². The van der Waals surface area contributed by atoms with Gasteiger partial charge in [0.2, 0.25) is 10.0 Å². The Morgan fingerprint density at radius 2 is 1.67 bits per heavy atom. The Morgan fingerprint density at radius 1 is 1.10 bits per heavy atom. The maximum Gasteiger partial charge on any atom is 0.243 e. The Morgan fingerprint density at radius 3 is 2.14 bits per heavy atom. The van der Waals surface area contributed by atoms with E-state index < -0.39 is 10.0 Å². The van der Waals surface area contributed by atoms with Crippen LogP contribution in [0.15, 0.2) is 29.2 Å². The van der Waals surface area contributed by atoms with Crippen LogP contribution in [0.25, 0.3) is 0 Å². The van der Waals surface area contributed by atoms with E-state index in [-0.39, 0.29) is 0 Å². The van der Waals surface area contributed by atoms with Gasteiger partial charge < -0.3 is 10.5 Å². The van der Waals surface area contributed by atoms with Gasteiger partial charge in [0.15, 0.2) is 0 Å². The zero-order valence-electron chi connectivity index (χ0n) is 12.9. The van der Waals surface area contributed by atoms with Crippen molar-refractivity contribution in [1.82, 2.24) is 4.31 Å². The number of ether oxygens (including phenoxy) is 1. The monoisotopic (exact) mass is 314 g/mol. The van der Waals surface area contributed by atoms with Crippen molar-refractivity contribution in [3.05, 3.63) is 24.3 Å². The molecule has 1 rings (SSSR count). The summed E-state index contributed by atoms with van der Waals surface area (Å²) in [6, 6.07) is 6.59. The van der Waals surface area contributed by atoms with Gasteiger partial charge in [-0.15, -0.1) is 0 Å². The standard InChI is InChI=1S/C15H26N2O3S/c1-3-11-17(12-4-2)21(18,19)15-8-6-14(7-9-15)20-13-5-10-16/h6-9H,3-5,10-13,16H2,1-2H3. The molecule has 0 aliphatic carbocycles. The Bertz CT molecular complexity index is 494. The number of nitrogens with two attached hydrogens (primary N) is 1. The fraction of sp³-hybridized carbons (Fsp3) is 0.600. The van der Waals surface area contributed by atoms with Crippen LogP contribution in [0.2, 0.25) is 0 Å². The minimum absolute atomic E-state index is 0.315. The van der Waals surface area contributed by atoms with Crippen molar-refractivity contribution in [2.24, 2.45) is 5.73 Å². The average molecular weight is 314 g/mol. The molecule has 0 saturated carbocycles. The van der Waals surface area contributed by atoms with E-state index in [1.54, 1.807) is 24.3 Å². The largest absolute Gasteiger partial charge is 0.494 e. The van der Waals surface area contributed by atoms with Crippen molar-refractivity contribution in [3.8, 4) is 5.75 Å². The van der Waals surface area contributed by atoms with E-state index in [0.717, 1.165) is 19.3 Å². The summed E-state index contributed by atoms with van der Waals surface area (Å²) in [4.78, 5) is 0.315. The van der Waals surface area contributed by atoms with Gasteiger partial charge in [0.1, 0.15) is 5.75 Å². The summed E-state index contributed by atoms with van der Waals surface area (Å²) in [5.41, 5.74) is 5.40. The van der Waals surface area contributed by atoms with Gasteiger partial charge in [-0.05, 0) is 50.1 Å². The second kappa shape index (κ2) is 9.02. The molecule has 1 aromatic carbocycles. The highest BCUT2D eigenvalue weighted by atomic mass is 32.2. The van der Waals surface area contributed by atoms with Crippen molar-refractivity contribution in [3.63, 3.8) is 0 Å². The van der Waals surface area contributed by atoms with Crippen LogP contribution in [-0.2, 0) is 10.0 Å². The molecule has 0 fully saturated rings. The van der Waals surface area contributed by atoms with Gasteiger partial charge in [-0.1, -0.05) is 13.8 Å². The Kier molecular flexibility index (Phi) is 7.71. The van der Waals surface area contributed by atoms with Gasteiger partial charge in [0.25, 0.3) is 0 Å². The lowest BCUT2D eigenvalue weighted by Gasteiger charge is -2.21. The smallest absolute Gasteiger partial charge is 0.243 e. The average Bonchev–Trinajstić information content (AvgIpc) is 2.48. The predicted octanol–water partition coefficient (Wildman–Crippen LogP) is 2.22. The van der Waals surface area contributed by atoms with Gasteiger partial charge in [-0.25, -0.2) is 8.42 Å². The molecular formula is C15H26N2O3S. The summed E-state index contributed by atoms with van der Waals surface area (Å²) in [5.74, 6) is 0.667. The van der Waals surface area contributed by atoms with E-state index in [2.05, 4.69) is 0 Å². The number of hydrogen-bond donors (Lipinski definition) is 1. The van der Waals surface area contributed by atoms with Crippen LogP contribution in [0.4, 0.5) is 0 Å². The zero-order chi connectivity index (χ0) is 15.7. The first-order valence-corrected chi connectivity index (χ1v) is 8.93. The number of sulfonamides is 1. The van der Waals surface area contributed by atoms with Crippen LogP contribution < -0.4 is 10.5 Å². The molecule has 0 aliphatic rings. The van der Waals surface area contributed by atoms with Crippen molar-refractivity contribution in [2.45, 2.75) is 38.0 Å². The number of hydrogen-bond acceptors (Lipinski definition) is 4. The third-order valence-corrected chi connectivity index (χ3v) is 4.94. The van der Waals surface area contributed by atoms with Gasteiger partial charge >= 0.3 is 0 Å². The van der Waals surface area contributed by atoms with Crippen molar-refractivity contribution in [1.29, 1.82) is 0 Å². The lowest BCUT2D eigenvalue weighted by atomic mass is 10.3. The molecule has 1 aromatic rings. The SMILES string of the molecule is CCCN(CCC)S(=O)(=O)c1ccc(OCCCN)cc1. The first-order valence-electron chi connectivity index (χ1n) is 7.49. The second-order valence-corrected chi connectivity index (χ2v) is 6.80. The maximum absolute atomic E-state index is 12.6. The van der Waals surface area contributed by atoms with Gasteiger partial charge in [0.05, 0.1) is 11.5 Å². The molecule has 0 aromatic heterocycles. The van der Waals surface area contributed by atoms with E-state index in [1.807, 2.05) is 13.8 Å². The number of rotatable bonds is 10. The van der Waals surface area contributed by atoms with Crippen LogP contribution in [0.3, 0.4) is 0 Å². The van der Waals surface area contributed by atoms with Crippen molar-refractivity contribution in [2.75, 3.05) is 26.2 Å². The Hall–Kier alpha value is -1.11. The first kappa shape index (κ1) is 17.9. The maximum atomic E-state index is 12.6. The van der Waals surface area contributed by atoms with E-state index in [1.165, 1.54) is 4.31 Å². The Balaban J connectivity index is 2.82. The minimum Gasteiger partial charge on any atom is -0.494 e. The summed E-state index contributed by atoms with van der Waals surface area (Å²) in [6.45, 7) is 6.17. The lowest BCUT2D eigenvalue weighted by molar-refractivity contribution is 0.313. The van der Waals surface area contributed by atoms with Crippen LogP contribution >= 0.6 is 0 Å². The summed E-state index contributed by atoms with van der Waals surface area (Å²) < 4.78 is 32.1. The normalized spacial score (nSPS) is 11.8. The van der Waals surface area contributed by atoms with Crippen LogP contribution in [0.5, 0.6) is 5.75 Å². The molecule has 0 unspecified atom stereocenters. The molecule has 0 aliphatic heterocycles. The Labute approximate surface area is 128 Å². The highest BCUT2D eigenvalue weighted by Crippen LogP contribution is 2.20. The molecule has 0 spiro atoms. The quantitative estimate of drug-likeness (QED) is 0.672. The van der Waals surface area contributed by atoms with E-state index in [4.69, 9.17) is 10.5 Å². The molecule has 0 atom stereocenters. The number of benzene rings is 1. The van der Waals surface area contributed by atoms with E-state index in [9.17, 15) is 8.42 Å². The van der Waals surface area contributed by atoms with Crippen LogP contribution in [0, 0.1) is 0 Å². The molecule has 0 amide bonds.